The molecule has 12 heteroatoms. The van der Waals surface area contributed by atoms with Gasteiger partial charge in [-0.3, -0.25) is 4.90 Å². The molecular weight excluding hydrogens is 567 g/mol. The number of ether oxygens (including phenoxy) is 1. The lowest BCUT2D eigenvalue weighted by Gasteiger charge is -2.35. The summed E-state index contributed by atoms with van der Waals surface area (Å²) < 4.78 is 21.3. The van der Waals surface area contributed by atoms with Crippen LogP contribution in [0.25, 0.3) is 21.5 Å². The van der Waals surface area contributed by atoms with Crippen LogP contribution in [0, 0.1) is 5.82 Å². The Labute approximate surface area is 254 Å². The molecule has 0 radical (unpaired) electrons. The number of fused-ring (bicyclic) bond motifs is 1. The van der Waals surface area contributed by atoms with Crippen molar-refractivity contribution in [1.82, 2.24) is 29.7 Å². The van der Waals surface area contributed by atoms with Crippen molar-refractivity contribution in [2.45, 2.75) is 64.6 Å². The van der Waals surface area contributed by atoms with Gasteiger partial charge in [0, 0.05) is 50.5 Å². The summed E-state index contributed by atoms with van der Waals surface area (Å²) in [5, 5.41) is 7.55. The van der Waals surface area contributed by atoms with E-state index in [2.05, 4.69) is 30.5 Å². The molecule has 0 unspecified atom stereocenters. The highest BCUT2D eigenvalue weighted by Gasteiger charge is 2.26. The Kier molecular flexibility index (Phi) is 8.40. The second-order valence-corrected chi connectivity index (χ2v) is 13.2. The van der Waals surface area contributed by atoms with Crippen LogP contribution >= 0.6 is 11.3 Å². The molecule has 2 N–H and O–H groups in total. The van der Waals surface area contributed by atoms with E-state index in [0.717, 1.165) is 40.5 Å². The number of piperazine rings is 1. The van der Waals surface area contributed by atoms with Crippen molar-refractivity contribution in [3.8, 4) is 11.3 Å². The third kappa shape index (κ3) is 7.37. The van der Waals surface area contributed by atoms with E-state index in [9.17, 15) is 9.18 Å². The zero-order valence-corrected chi connectivity index (χ0v) is 25.6. The SMILES string of the molecule is CC(C)(C)OC(=O)N1CCN(Cc2ccc(Nc3ncc(F)c(-c4ccc5nc(NC6CCCC6)sc5c4)n3)nc2)CC1. The largest absolute Gasteiger partial charge is 0.444 e. The number of thiazole rings is 1. The van der Waals surface area contributed by atoms with Crippen molar-refractivity contribution >= 4 is 44.5 Å². The average molecular weight is 605 g/mol. The predicted molar refractivity (Wildman–Crippen MR) is 167 cm³/mol. The van der Waals surface area contributed by atoms with Crippen LogP contribution in [0.1, 0.15) is 52.0 Å². The standard InChI is InChI=1S/C31H37FN8O2S/c1-31(2,3)42-30(41)40-14-12-39(13-15-40)19-20-8-11-26(33-17-20)37-28-34-18-23(32)27(38-28)21-9-10-24-25(16-21)43-29(36-24)35-22-6-4-5-7-22/h8-11,16-18,22H,4-7,12-15,19H2,1-3H3,(H,35,36)(H,33,34,37,38). The zero-order chi connectivity index (χ0) is 30.0. The molecule has 1 amide bonds. The Morgan fingerprint density at radius 1 is 1.05 bits per heavy atom. The zero-order valence-electron chi connectivity index (χ0n) is 24.8. The van der Waals surface area contributed by atoms with Crippen LogP contribution in [0.3, 0.4) is 0 Å². The normalized spacial score (nSPS) is 16.5. The van der Waals surface area contributed by atoms with E-state index in [0.29, 0.717) is 30.5 Å². The Balaban J connectivity index is 1.07. The smallest absolute Gasteiger partial charge is 0.410 e. The first-order valence-corrected chi connectivity index (χ1v) is 15.6. The Morgan fingerprint density at radius 3 is 2.56 bits per heavy atom. The van der Waals surface area contributed by atoms with Gasteiger partial charge in [0.25, 0.3) is 0 Å². The molecule has 1 aliphatic heterocycles. The Morgan fingerprint density at radius 2 is 1.84 bits per heavy atom. The maximum absolute atomic E-state index is 14.9. The molecule has 226 valence electrons. The number of halogens is 1. The van der Waals surface area contributed by atoms with Crippen LogP contribution in [-0.2, 0) is 11.3 Å². The second-order valence-electron chi connectivity index (χ2n) is 12.1. The molecule has 4 aromatic rings. The van der Waals surface area contributed by atoms with E-state index in [-0.39, 0.29) is 17.7 Å². The van der Waals surface area contributed by atoms with Gasteiger partial charge in [0.1, 0.15) is 17.1 Å². The van der Waals surface area contributed by atoms with Gasteiger partial charge in [0.05, 0.1) is 16.4 Å². The van der Waals surface area contributed by atoms with Gasteiger partial charge < -0.3 is 20.3 Å². The fourth-order valence-electron chi connectivity index (χ4n) is 5.39. The minimum absolute atomic E-state index is 0.222. The number of anilines is 3. The molecule has 1 saturated carbocycles. The van der Waals surface area contributed by atoms with E-state index >= 15 is 0 Å². The monoisotopic (exact) mass is 604 g/mol. The number of nitrogens with zero attached hydrogens (tertiary/aromatic N) is 6. The molecule has 10 nitrogen and oxygen atoms in total. The summed E-state index contributed by atoms with van der Waals surface area (Å²) in [5.41, 5.74) is 2.33. The van der Waals surface area contributed by atoms with Gasteiger partial charge in [-0.25, -0.2) is 29.1 Å². The van der Waals surface area contributed by atoms with Gasteiger partial charge >= 0.3 is 6.09 Å². The van der Waals surface area contributed by atoms with Crippen LogP contribution in [0.5, 0.6) is 0 Å². The number of benzene rings is 1. The Bertz CT molecular complexity index is 1580. The first-order valence-electron chi connectivity index (χ1n) is 14.8. The van der Waals surface area contributed by atoms with Gasteiger partial charge in [-0.1, -0.05) is 36.3 Å². The van der Waals surface area contributed by atoms with Crippen LogP contribution in [0.15, 0.2) is 42.7 Å². The van der Waals surface area contributed by atoms with Crippen LogP contribution in [0.2, 0.25) is 0 Å². The summed E-state index contributed by atoms with van der Waals surface area (Å²) in [6, 6.07) is 10.0. The molecule has 1 aromatic carbocycles. The fraction of sp³-hybridized carbons (Fsp3) is 0.452. The number of rotatable bonds is 7. The molecule has 0 spiro atoms. The minimum Gasteiger partial charge on any atom is -0.444 e. The third-order valence-electron chi connectivity index (χ3n) is 7.58. The summed E-state index contributed by atoms with van der Waals surface area (Å²) in [7, 11) is 0. The molecule has 6 rings (SSSR count). The number of hydrogen-bond acceptors (Lipinski definition) is 10. The van der Waals surface area contributed by atoms with E-state index in [4.69, 9.17) is 9.72 Å². The van der Waals surface area contributed by atoms with Gasteiger partial charge in [-0.05, 0) is 57.4 Å². The number of amides is 1. The van der Waals surface area contributed by atoms with Gasteiger partial charge in [0.2, 0.25) is 5.95 Å². The lowest BCUT2D eigenvalue weighted by atomic mass is 10.1. The minimum atomic E-state index is -0.497. The Hall–Kier alpha value is -3.90. The van der Waals surface area contributed by atoms with Crippen LogP contribution < -0.4 is 10.6 Å². The highest BCUT2D eigenvalue weighted by atomic mass is 32.1. The molecule has 1 saturated heterocycles. The summed E-state index contributed by atoms with van der Waals surface area (Å²) in [6.07, 6.45) is 7.59. The van der Waals surface area contributed by atoms with Gasteiger partial charge in [-0.15, -0.1) is 0 Å². The predicted octanol–water partition coefficient (Wildman–Crippen LogP) is 6.44. The number of pyridine rings is 1. The fourth-order valence-corrected chi connectivity index (χ4v) is 6.37. The summed E-state index contributed by atoms with van der Waals surface area (Å²) in [6.45, 7) is 9.13. The number of aromatic nitrogens is 4. The summed E-state index contributed by atoms with van der Waals surface area (Å²) in [4.78, 5) is 34.2. The van der Waals surface area contributed by atoms with Crippen LogP contribution in [-0.4, -0.2) is 73.7 Å². The van der Waals surface area contributed by atoms with E-state index in [1.807, 2.05) is 57.3 Å². The van der Waals surface area contributed by atoms with Crippen molar-refractivity contribution in [3.63, 3.8) is 0 Å². The van der Waals surface area contributed by atoms with Crippen LogP contribution in [0.4, 0.5) is 26.1 Å². The average Bonchev–Trinajstić information content (AvgIpc) is 3.64. The number of carbonyl (C=O) groups excluding carboxylic acids is 1. The molecule has 2 aliphatic rings. The summed E-state index contributed by atoms with van der Waals surface area (Å²) >= 11 is 1.58. The second kappa shape index (κ2) is 12.4. The van der Waals surface area contributed by atoms with Gasteiger partial charge in [0.15, 0.2) is 10.9 Å². The molecule has 3 aromatic heterocycles. The molecule has 4 heterocycles. The van der Waals surface area contributed by atoms with Crippen molar-refractivity contribution in [2.24, 2.45) is 0 Å². The van der Waals surface area contributed by atoms with Crippen molar-refractivity contribution in [3.05, 3.63) is 54.1 Å². The highest BCUT2D eigenvalue weighted by molar-refractivity contribution is 7.22. The van der Waals surface area contributed by atoms with Crippen molar-refractivity contribution < 1.29 is 13.9 Å². The molecule has 0 bridgehead atoms. The molecular formula is C31H37FN8O2S. The maximum Gasteiger partial charge on any atom is 0.410 e. The van der Waals surface area contributed by atoms with Crippen molar-refractivity contribution in [1.29, 1.82) is 0 Å². The number of carbonyl (C=O) groups is 1. The number of hydrogen-bond donors (Lipinski definition) is 2. The quantitative estimate of drug-likeness (QED) is 0.246. The van der Waals surface area contributed by atoms with E-state index in [1.54, 1.807) is 16.2 Å². The molecule has 43 heavy (non-hydrogen) atoms. The highest BCUT2D eigenvalue weighted by Crippen LogP contribution is 2.33. The van der Waals surface area contributed by atoms with Crippen molar-refractivity contribution in [2.75, 3.05) is 36.8 Å². The van der Waals surface area contributed by atoms with Gasteiger partial charge in [-0.2, -0.15) is 0 Å². The first kappa shape index (κ1) is 29.2. The lowest BCUT2D eigenvalue weighted by Crippen LogP contribution is -2.49. The lowest BCUT2D eigenvalue weighted by molar-refractivity contribution is 0.0139. The maximum atomic E-state index is 14.9. The van der Waals surface area contributed by atoms with E-state index < -0.39 is 11.4 Å². The molecule has 1 aliphatic carbocycles. The third-order valence-corrected chi connectivity index (χ3v) is 8.53. The topological polar surface area (TPSA) is 108 Å². The molecule has 2 fully saturated rings. The number of nitrogens with one attached hydrogen (secondary N) is 2. The van der Waals surface area contributed by atoms with E-state index in [1.165, 1.54) is 31.9 Å². The first-order chi connectivity index (χ1) is 20.7. The summed E-state index contributed by atoms with van der Waals surface area (Å²) in [5.74, 6) is 0.341. The molecule has 0 atom stereocenters.